The van der Waals surface area contributed by atoms with Crippen LogP contribution in [0.2, 0.25) is 5.02 Å². The van der Waals surface area contributed by atoms with E-state index in [1.54, 1.807) is 12.1 Å². The fraction of sp³-hybridized carbons (Fsp3) is 0.250. The first-order valence-corrected chi connectivity index (χ1v) is 10.5. The number of hydrogen-bond donors (Lipinski definition) is 2. The van der Waals surface area contributed by atoms with Crippen molar-refractivity contribution in [2.75, 3.05) is 17.3 Å². The zero-order valence-electron chi connectivity index (χ0n) is 15.9. The van der Waals surface area contributed by atoms with Gasteiger partial charge in [-0.3, -0.25) is 4.79 Å². The van der Waals surface area contributed by atoms with Crippen LogP contribution in [0.25, 0.3) is 0 Å². The third-order valence-electron chi connectivity index (χ3n) is 4.54. The summed E-state index contributed by atoms with van der Waals surface area (Å²) in [4.78, 5) is 13.2. The Labute approximate surface area is 177 Å². The highest BCUT2D eigenvalue weighted by molar-refractivity contribution is 8.00. The molecular weight excluding hydrogens is 410 g/mol. The molecule has 9 heteroatoms. The van der Waals surface area contributed by atoms with Gasteiger partial charge in [-0.05, 0) is 43.7 Å². The van der Waals surface area contributed by atoms with Crippen molar-refractivity contribution in [2.45, 2.75) is 30.3 Å². The smallest absolute Gasteiger partial charge is 0.240 e. The number of nitrogens with zero attached hydrogens (tertiary/aromatic N) is 3. The number of rotatable bonds is 5. The number of carbonyl (C=O) groups is 1. The summed E-state index contributed by atoms with van der Waals surface area (Å²) in [6.07, 6.45) is 0. The minimum absolute atomic E-state index is 0.165. The van der Waals surface area contributed by atoms with Crippen LogP contribution in [-0.4, -0.2) is 32.6 Å². The van der Waals surface area contributed by atoms with E-state index in [1.165, 1.54) is 11.8 Å². The molecule has 0 unspecified atom stereocenters. The van der Waals surface area contributed by atoms with E-state index >= 15 is 0 Å². The average molecular weight is 430 g/mol. The number of nitrogens with one attached hydrogen (secondary N) is 2. The van der Waals surface area contributed by atoms with Gasteiger partial charge in [-0.2, -0.15) is 0 Å². The van der Waals surface area contributed by atoms with Crippen LogP contribution in [0.1, 0.15) is 24.4 Å². The third kappa shape index (κ3) is 4.04. The van der Waals surface area contributed by atoms with E-state index in [4.69, 9.17) is 16.3 Å². The Morgan fingerprint density at radius 2 is 2.00 bits per heavy atom. The van der Waals surface area contributed by atoms with Crippen molar-refractivity contribution in [3.8, 4) is 5.75 Å². The highest BCUT2D eigenvalue weighted by Gasteiger charge is 2.37. The van der Waals surface area contributed by atoms with Crippen LogP contribution in [0, 0.1) is 6.92 Å². The van der Waals surface area contributed by atoms with Gasteiger partial charge >= 0.3 is 0 Å². The fourth-order valence-corrected chi connectivity index (χ4v) is 4.42. The van der Waals surface area contributed by atoms with Crippen LogP contribution < -0.4 is 15.5 Å². The number of carbonyl (C=O) groups excluding carboxylic acids is 1. The van der Waals surface area contributed by atoms with Gasteiger partial charge in [0.05, 0.1) is 23.4 Å². The molecule has 0 saturated heterocycles. The highest BCUT2D eigenvalue weighted by atomic mass is 35.5. The number of hydrogen-bond acceptors (Lipinski definition) is 6. The van der Waals surface area contributed by atoms with Crippen molar-refractivity contribution in [2.24, 2.45) is 0 Å². The second-order valence-electron chi connectivity index (χ2n) is 6.48. The molecule has 150 valence electrons. The van der Waals surface area contributed by atoms with Crippen molar-refractivity contribution in [1.29, 1.82) is 0 Å². The molecule has 0 fully saturated rings. The molecule has 7 nitrogen and oxygen atoms in total. The number of para-hydroxylation sites is 1. The Hall–Kier alpha value is -2.71. The number of halogens is 1. The van der Waals surface area contributed by atoms with Gasteiger partial charge in [-0.1, -0.05) is 47.6 Å². The standard InChI is InChI=1S/C20H20ClN5O2S/c1-3-28-14-10-8-13(9-11-14)17-18(29-20-24-23-12(2)26(20)25-17)19(27)22-16-7-5-4-6-15(16)21/h4-11,17-18,25H,3H2,1-2H3,(H,22,27)/t17-,18+/m1/s1. The maximum absolute atomic E-state index is 13.2. The first kappa shape index (κ1) is 19.6. The number of benzene rings is 2. The summed E-state index contributed by atoms with van der Waals surface area (Å²) < 4.78 is 7.34. The molecule has 0 radical (unpaired) electrons. The second-order valence-corrected chi connectivity index (χ2v) is 8.00. The molecule has 2 heterocycles. The van der Waals surface area contributed by atoms with Crippen molar-refractivity contribution < 1.29 is 9.53 Å². The summed E-state index contributed by atoms with van der Waals surface area (Å²) in [6.45, 7) is 4.41. The predicted octanol–water partition coefficient (Wildman–Crippen LogP) is 4.04. The lowest BCUT2D eigenvalue weighted by Gasteiger charge is -2.32. The minimum Gasteiger partial charge on any atom is -0.494 e. The molecule has 1 aliphatic rings. The highest BCUT2D eigenvalue weighted by Crippen LogP contribution is 2.38. The molecule has 0 aliphatic carbocycles. The summed E-state index contributed by atoms with van der Waals surface area (Å²) >= 11 is 7.58. The van der Waals surface area contributed by atoms with Gasteiger partial charge in [0.2, 0.25) is 11.1 Å². The molecular formula is C20H20ClN5O2S. The number of anilines is 1. The first-order valence-electron chi connectivity index (χ1n) is 9.20. The number of amides is 1. The molecule has 2 atom stereocenters. The molecule has 0 saturated carbocycles. The Kier molecular flexibility index (Phi) is 5.64. The molecule has 1 aromatic heterocycles. The van der Waals surface area contributed by atoms with Crippen molar-refractivity contribution in [1.82, 2.24) is 14.9 Å². The molecule has 2 N–H and O–H groups in total. The van der Waals surface area contributed by atoms with Crippen LogP contribution in [0.15, 0.2) is 53.7 Å². The fourth-order valence-electron chi connectivity index (χ4n) is 3.12. The summed E-state index contributed by atoms with van der Waals surface area (Å²) in [7, 11) is 0. The lowest BCUT2D eigenvalue weighted by atomic mass is 10.0. The maximum Gasteiger partial charge on any atom is 0.240 e. The Balaban J connectivity index is 1.65. The van der Waals surface area contributed by atoms with E-state index < -0.39 is 5.25 Å². The molecule has 2 aromatic carbocycles. The Morgan fingerprint density at radius 1 is 1.24 bits per heavy atom. The van der Waals surface area contributed by atoms with E-state index in [0.29, 0.717) is 22.5 Å². The lowest BCUT2D eigenvalue weighted by molar-refractivity contribution is -0.116. The van der Waals surface area contributed by atoms with Gasteiger partial charge in [0.1, 0.15) is 16.8 Å². The first-order chi connectivity index (χ1) is 14.1. The van der Waals surface area contributed by atoms with Crippen LogP contribution in [-0.2, 0) is 4.79 Å². The molecule has 0 spiro atoms. The number of fused-ring (bicyclic) bond motifs is 1. The zero-order valence-corrected chi connectivity index (χ0v) is 17.5. The van der Waals surface area contributed by atoms with Crippen LogP contribution >= 0.6 is 23.4 Å². The molecule has 29 heavy (non-hydrogen) atoms. The molecule has 4 rings (SSSR count). The van der Waals surface area contributed by atoms with Crippen LogP contribution in [0.4, 0.5) is 5.69 Å². The summed E-state index contributed by atoms with van der Waals surface area (Å²) in [5.74, 6) is 1.35. The van der Waals surface area contributed by atoms with E-state index in [9.17, 15) is 4.79 Å². The largest absolute Gasteiger partial charge is 0.494 e. The van der Waals surface area contributed by atoms with Crippen molar-refractivity contribution in [3.05, 3.63) is 64.9 Å². The van der Waals surface area contributed by atoms with E-state index in [-0.39, 0.29) is 11.9 Å². The quantitative estimate of drug-likeness (QED) is 0.637. The summed E-state index contributed by atoms with van der Waals surface area (Å²) in [5, 5.41) is 11.9. The van der Waals surface area contributed by atoms with E-state index in [0.717, 1.165) is 17.1 Å². The number of aromatic nitrogens is 3. The molecule has 0 bridgehead atoms. The normalized spacial score (nSPS) is 17.9. The van der Waals surface area contributed by atoms with Gasteiger partial charge < -0.3 is 15.5 Å². The zero-order chi connectivity index (χ0) is 20.4. The number of aryl methyl sites for hydroxylation is 1. The molecule has 1 aliphatic heterocycles. The maximum atomic E-state index is 13.2. The second kappa shape index (κ2) is 8.34. The van der Waals surface area contributed by atoms with Gasteiger partial charge in [0.15, 0.2) is 0 Å². The molecule has 1 amide bonds. The lowest BCUT2D eigenvalue weighted by Crippen LogP contribution is -2.41. The van der Waals surface area contributed by atoms with Crippen molar-refractivity contribution >= 4 is 35.0 Å². The Morgan fingerprint density at radius 3 is 2.72 bits per heavy atom. The van der Waals surface area contributed by atoms with Crippen LogP contribution in [0.3, 0.4) is 0 Å². The van der Waals surface area contributed by atoms with Gasteiger partial charge in [-0.15, -0.1) is 10.2 Å². The monoisotopic (exact) mass is 429 g/mol. The summed E-state index contributed by atoms with van der Waals surface area (Å²) in [5.41, 5.74) is 4.92. The number of ether oxygens (including phenoxy) is 1. The summed E-state index contributed by atoms with van der Waals surface area (Å²) in [6, 6.07) is 14.6. The van der Waals surface area contributed by atoms with E-state index in [2.05, 4.69) is 20.9 Å². The average Bonchev–Trinajstić information content (AvgIpc) is 3.10. The van der Waals surface area contributed by atoms with Crippen molar-refractivity contribution in [3.63, 3.8) is 0 Å². The topological polar surface area (TPSA) is 81.1 Å². The minimum atomic E-state index is -0.472. The third-order valence-corrected chi connectivity index (χ3v) is 6.08. The molecule has 3 aromatic rings. The Bertz CT molecular complexity index is 1020. The SMILES string of the molecule is CCOc1ccc([C@H]2Nn3c(C)nnc3S[C@@H]2C(=O)Nc2ccccc2Cl)cc1. The van der Waals surface area contributed by atoms with Gasteiger partial charge in [-0.25, -0.2) is 4.68 Å². The predicted molar refractivity (Wildman–Crippen MR) is 114 cm³/mol. The van der Waals surface area contributed by atoms with Gasteiger partial charge in [0, 0.05) is 0 Å². The number of thioether (sulfide) groups is 1. The van der Waals surface area contributed by atoms with E-state index in [1.807, 2.05) is 54.9 Å². The van der Waals surface area contributed by atoms with Crippen LogP contribution in [0.5, 0.6) is 5.75 Å². The van der Waals surface area contributed by atoms with Gasteiger partial charge in [0.25, 0.3) is 0 Å².